The SMILES string of the molecule is C[C@]1(O)COC(O[C@H]2C(NC(CO)CO)CC(N)[C@@H](O[C@@H]3CCC=C(CNCCCN)O3)C2O)C(O)C1. The fourth-order valence-electron chi connectivity index (χ4n) is 4.97. The van der Waals surface area contributed by atoms with Crippen LogP contribution in [-0.4, -0.2) is 126 Å². The van der Waals surface area contributed by atoms with E-state index in [2.05, 4.69) is 10.6 Å². The van der Waals surface area contributed by atoms with Gasteiger partial charge in [-0.05, 0) is 45.4 Å². The maximum absolute atomic E-state index is 11.4. The summed E-state index contributed by atoms with van der Waals surface area (Å²) in [7, 11) is 0. The molecule has 1 saturated heterocycles. The van der Waals surface area contributed by atoms with Crippen molar-refractivity contribution in [1.82, 2.24) is 10.6 Å². The highest BCUT2D eigenvalue weighted by Gasteiger charge is 2.48. The third-order valence-corrected chi connectivity index (χ3v) is 6.94. The lowest BCUT2D eigenvalue weighted by Crippen LogP contribution is -2.67. The van der Waals surface area contributed by atoms with Gasteiger partial charge >= 0.3 is 0 Å². The fourth-order valence-corrected chi connectivity index (χ4v) is 4.97. The Morgan fingerprint density at radius 3 is 2.65 bits per heavy atom. The van der Waals surface area contributed by atoms with Gasteiger partial charge in [-0.2, -0.15) is 0 Å². The van der Waals surface area contributed by atoms with E-state index in [1.54, 1.807) is 6.92 Å². The van der Waals surface area contributed by atoms with Crippen LogP contribution < -0.4 is 22.1 Å². The molecule has 0 spiro atoms. The first-order chi connectivity index (χ1) is 17.7. The minimum atomic E-state index is -1.24. The summed E-state index contributed by atoms with van der Waals surface area (Å²) in [5, 5.41) is 57.6. The van der Waals surface area contributed by atoms with Crippen molar-refractivity contribution in [2.75, 3.05) is 39.5 Å². The predicted octanol–water partition coefficient (Wildman–Crippen LogP) is -3.02. The Balaban J connectivity index is 1.67. The quantitative estimate of drug-likeness (QED) is 0.108. The van der Waals surface area contributed by atoms with Crippen molar-refractivity contribution in [1.29, 1.82) is 0 Å². The molecule has 37 heavy (non-hydrogen) atoms. The van der Waals surface area contributed by atoms with Crippen molar-refractivity contribution in [2.24, 2.45) is 11.5 Å². The molecule has 13 nitrogen and oxygen atoms in total. The minimum absolute atomic E-state index is 0.0399. The maximum Gasteiger partial charge on any atom is 0.200 e. The molecular weight excluding hydrogens is 488 g/mol. The number of aliphatic hydroxyl groups excluding tert-OH is 4. The molecule has 0 aromatic carbocycles. The fraction of sp³-hybridized carbons (Fsp3) is 0.917. The van der Waals surface area contributed by atoms with Crippen molar-refractivity contribution in [3.8, 4) is 0 Å². The number of nitrogens with one attached hydrogen (secondary N) is 2. The number of rotatable bonds is 13. The molecule has 2 aliphatic heterocycles. The molecule has 11 N–H and O–H groups in total. The van der Waals surface area contributed by atoms with Gasteiger partial charge in [-0.25, -0.2) is 0 Å². The van der Waals surface area contributed by atoms with Crippen LogP contribution in [0.2, 0.25) is 0 Å². The number of allylic oxidation sites excluding steroid dienone is 1. The molecule has 13 heteroatoms. The maximum atomic E-state index is 11.4. The van der Waals surface area contributed by atoms with E-state index >= 15 is 0 Å². The summed E-state index contributed by atoms with van der Waals surface area (Å²) in [5.41, 5.74) is 10.8. The van der Waals surface area contributed by atoms with Crippen LogP contribution in [0.5, 0.6) is 0 Å². The Hall–Kier alpha value is -0.940. The first kappa shape index (κ1) is 30.6. The molecule has 0 aromatic heterocycles. The third-order valence-electron chi connectivity index (χ3n) is 6.94. The summed E-state index contributed by atoms with van der Waals surface area (Å²) in [6.07, 6.45) is -1.34. The summed E-state index contributed by atoms with van der Waals surface area (Å²) in [6, 6.07) is -1.85. The number of hydrogen-bond acceptors (Lipinski definition) is 13. The van der Waals surface area contributed by atoms with Gasteiger partial charge in [0.25, 0.3) is 0 Å². The molecule has 1 saturated carbocycles. The third kappa shape index (κ3) is 8.78. The Morgan fingerprint density at radius 2 is 1.97 bits per heavy atom. The second-order valence-corrected chi connectivity index (χ2v) is 10.5. The summed E-state index contributed by atoms with van der Waals surface area (Å²) in [6.45, 7) is 2.77. The topological polar surface area (TPSA) is 214 Å². The summed E-state index contributed by atoms with van der Waals surface area (Å²) >= 11 is 0. The van der Waals surface area contributed by atoms with Crippen LogP contribution >= 0.6 is 0 Å². The molecule has 5 unspecified atom stereocenters. The zero-order valence-corrected chi connectivity index (χ0v) is 21.6. The summed E-state index contributed by atoms with van der Waals surface area (Å²) in [5.74, 6) is 0.749. The Labute approximate surface area is 218 Å². The zero-order chi connectivity index (χ0) is 27.0. The van der Waals surface area contributed by atoms with E-state index in [4.69, 9.17) is 30.4 Å². The van der Waals surface area contributed by atoms with Crippen molar-refractivity contribution in [2.45, 2.75) is 99.8 Å². The van der Waals surface area contributed by atoms with E-state index in [9.17, 15) is 25.5 Å². The van der Waals surface area contributed by atoms with Crippen LogP contribution in [0, 0.1) is 0 Å². The van der Waals surface area contributed by atoms with Crippen LogP contribution in [0.15, 0.2) is 11.8 Å². The van der Waals surface area contributed by atoms with Crippen LogP contribution in [0.3, 0.4) is 0 Å². The Bertz CT molecular complexity index is 712. The molecule has 0 radical (unpaired) electrons. The highest BCUT2D eigenvalue weighted by atomic mass is 16.7. The van der Waals surface area contributed by atoms with Gasteiger partial charge in [-0.3, -0.25) is 0 Å². The zero-order valence-electron chi connectivity index (χ0n) is 21.6. The number of hydrogen-bond donors (Lipinski definition) is 9. The molecule has 216 valence electrons. The lowest BCUT2D eigenvalue weighted by molar-refractivity contribution is -0.297. The van der Waals surface area contributed by atoms with Gasteiger partial charge in [0.2, 0.25) is 0 Å². The smallest absolute Gasteiger partial charge is 0.200 e. The Kier molecular flexibility index (Phi) is 11.9. The molecule has 1 aliphatic carbocycles. The molecule has 0 aromatic rings. The van der Waals surface area contributed by atoms with Crippen molar-refractivity contribution in [3.63, 3.8) is 0 Å². The molecule has 3 aliphatic rings. The highest BCUT2D eigenvalue weighted by Crippen LogP contribution is 2.32. The van der Waals surface area contributed by atoms with Gasteiger partial charge in [-0.1, -0.05) is 0 Å². The molecular formula is C24H46N4O9. The first-order valence-corrected chi connectivity index (χ1v) is 13.2. The van der Waals surface area contributed by atoms with E-state index in [-0.39, 0.29) is 26.2 Å². The van der Waals surface area contributed by atoms with E-state index in [1.165, 1.54) is 0 Å². The number of ether oxygens (including phenoxy) is 4. The van der Waals surface area contributed by atoms with Crippen LogP contribution in [-0.2, 0) is 18.9 Å². The van der Waals surface area contributed by atoms with Gasteiger partial charge in [0.1, 0.15) is 30.2 Å². The second-order valence-electron chi connectivity index (χ2n) is 10.5. The predicted molar refractivity (Wildman–Crippen MR) is 133 cm³/mol. The average molecular weight is 535 g/mol. The molecule has 0 bridgehead atoms. The summed E-state index contributed by atoms with van der Waals surface area (Å²) in [4.78, 5) is 0. The van der Waals surface area contributed by atoms with Crippen molar-refractivity contribution >= 4 is 0 Å². The number of aliphatic hydroxyl groups is 5. The highest BCUT2D eigenvalue weighted by molar-refractivity contribution is 5.03. The summed E-state index contributed by atoms with van der Waals surface area (Å²) < 4.78 is 23.8. The van der Waals surface area contributed by atoms with Crippen LogP contribution in [0.25, 0.3) is 0 Å². The van der Waals surface area contributed by atoms with Crippen LogP contribution in [0.4, 0.5) is 0 Å². The molecule has 0 amide bonds. The largest absolute Gasteiger partial charge is 0.468 e. The van der Waals surface area contributed by atoms with E-state index in [0.717, 1.165) is 25.1 Å². The first-order valence-electron chi connectivity index (χ1n) is 13.2. The lowest BCUT2D eigenvalue weighted by atomic mass is 9.83. The van der Waals surface area contributed by atoms with E-state index < -0.39 is 60.7 Å². The van der Waals surface area contributed by atoms with E-state index in [0.29, 0.717) is 25.9 Å². The standard InChI is InChI=1S/C24H46N4O9/c1-24(33)9-18(31)23(34-13-24)37-22-17(28-14(11-29)12-30)8-16(26)21(20(22)32)36-19-5-2-4-15(35-19)10-27-7-3-6-25/h4,14,16-23,27-33H,2-3,5-13,25-26H2,1H3/t16?,17?,18?,19-,20?,21-,22+,23?,24-/m1/s1. The Morgan fingerprint density at radius 1 is 1.22 bits per heavy atom. The second kappa shape index (κ2) is 14.4. The molecule has 3 rings (SSSR count). The minimum Gasteiger partial charge on any atom is -0.468 e. The lowest BCUT2D eigenvalue weighted by Gasteiger charge is -2.47. The average Bonchev–Trinajstić information content (AvgIpc) is 2.86. The van der Waals surface area contributed by atoms with Gasteiger partial charge in [-0.15, -0.1) is 0 Å². The normalized spacial score (nSPS) is 38.9. The van der Waals surface area contributed by atoms with Gasteiger partial charge in [0, 0.05) is 24.9 Å². The molecule has 2 heterocycles. The molecule has 9 atom stereocenters. The van der Waals surface area contributed by atoms with Crippen molar-refractivity contribution in [3.05, 3.63) is 11.8 Å². The van der Waals surface area contributed by atoms with Crippen molar-refractivity contribution < 1.29 is 44.5 Å². The van der Waals surface area contributed by atoms with Gasteiger partial charge in [0.05, 0.1) is 38.0 Å². The van der Waals surface area contributed by atoms with E-state index in [1.807, 2.05) is 6.08 Å². The number of nitrogens with two attached hydrogens (primary N) is 2. The molecule has 2 fully saturated rings. The monoisotopic (exact) mass is 534 g/mol. The van der Waals surface area contributed by atoms with Crippen LogP contribution in [0.1, 0.15) is 39.0 Å². The van der Waals surface area contributed by atoms with Gasteiger partial charge in [0.15, 0.2) is 12.6 Å². The van der Waals surface area contributed by atoms with Gasteiger partial charge < -0.3 is 66.6 Å².